The number of amides is 1. The van der Waals surface area contributed by atoms with E-state index in [1.54, 1.807) is 13.3 Å². The Morgan fingerprint density at radius 3 is 2.50 bits per heavy atom. The second kappa shape index (κ2) is 10.8. The summed E-state index contributed by atoms with van der Waals surface area (Å²) in [4.78, 5) is 12.4. The van der Waals surface area contributed by atoms with Crippen molar-refractivity contribution in [3.63, 3.8) is 0 Å². The molecule has 1 aromatic heterocycles. The maximum absolute atomic E-state index is 12.4. The van der Waals surface area contributed by atoms with Crippen molar-refractivity contribution in [1.29, 1.82) is 0 Å². The van der Waals surface area contributed by atoms with E-state index in [1.807, 2.05) is 91.2 Å². The Morgan fingerprint density at radius 2 is 1.79 bits per heavy atom. The van der Waals surface area contributed by atoms with E-state index in [1.165, 1.54) is 11.8 Å². The molecular weight excluding hydrogens is 446 g/mol. The van der Waals surface area contributed by atoms with Crippen LogP contribution < -0.4 is 10.2 Å². The average molecular weight is 472 g/mol. The summed E-state index contributed by atoms with van der Waals surface area (Å²) in [6.07, 6.45) is 1.63. The summed E-state index contributed by atoms with van der Waals surface area (Å²) in [5, 5.41) is 13.5. The predicted octanol–water partition coefficient (Wildman–Crippen LogP) is 4.80. The van der Waals surface area contributed by atoms with Crippen LogP contribution in [0.2, 0.25) is 0 Å². The van der Waals surface area contributed by atoms with E-state index in [9.17, 15) is 4.79 Å². The largest absolute Gasteiger partial charge is 0.497 e. The predicted molar refractivity (Wildman–Crippen MR) is 136 cm³/mol. The van der Waals surface area contributed by atoms with Crippen molar-refractivity contribution < 1.29 is 9.53 Å². The minimum Gasteiger partial charge on any atom is -0.497 e. The molecule has 0 saturated heterocycles. The van der Waals surface area contributed by atoms with E-state index in [2.05, 4.69) is 20.7 Å². The van der Waals surface area contributed by atoms with Crippen LogP contribution in [0.3, 0.4) is 0 Å². The van der Waals surface area contributed by atoms with Gasteiger partial charge in [0.15, 0.2) is 11.0 Å². The molecule has 0 aliphatic carbocycles. The normalized spacial score (nSPS) is 11.0. The molecule has 0 unspecified atom stereocenters. The number of thioether (sulfide) groups is 1. The first-order valence-corrected chi connectivity index (χ1v) is 11.7. The lowest BCUT2D eigenvalue weighted by Crippen LogP contribution is -2.20. The highest BCUT2D eigenvalue weighted by atomic mass is 32.2. The van der Waals surface area contributed by atoms with Crippen molar-refractivity contribution in [2.45, 2.75) is 19.0 Å². The van der Waals surface area contributed by atoms with Gasteiger partial charge in [0.25, 0.3) is 5.91 Å². The Balaban J connectivity index is 1.52. The van der Waals surface area contributed by atoms with Crippen LogP contribution in [0, 0.1) is 13.8 Å². The van der Waals surface area contributed by atoms with Crippen LogP contribution in [-0.2, 0) is 4.79 Å². The highest BCUT2D eigenvalue weighted by Crippen LogP contribution is 2.29. The maximum atomic E-state index is 12.4. The van der Waals surface area contributed by atoms with Gasteiger partial charge in [0, 0.05) is 11.3 Å². The maximum Gasteiger partial charge on any atom is 0.250 e. The molecule has 1 amide bonds. The van der Waals surface area contributed by atoms with Crippen molar-refractivity contribution in [2.24, 2.45) is 5.10 Å². The van der Waals surface area contributed by atoms with Crippen LogP contribution in [0.4, 0.5) is 0 Å². The summed E-state index contributed by atoms with van der Waals surface area (Å²) < 4.78 is 7.22. The Bertz CT molecular complexity index is 1300. The number of methoxy groups -OCH3 is 1. The van der Waals surface area contributed by atoms with Gasteiger partial charge in [0.1, 0.15) is 5.75 Å². The average Bonchev–Trinajstić information content (AvgIpc) is 3.27. The zero-order valence-electron chi connectivity index (χ0n) is 19.2. The molecule has 1 heterocycles. The third-order valence-corrected chi connectivity index (χ3v) is 5.98. The van der Waals surface area contributed by atoms with Gasteiger partial charge in [0.2, 0.25) is 0 Å². The van der Waals surface area contributed by atoms with Crippen molar-refractivity contribution >= 4 is 23.9 Å². The van der Waals surface area contributed by atoms with Gasteiger partial charge in [-0.1, -0.05) is 59.3 Å². The highest BCUT2D eigenvalue weighted by molar-refractivity contribution is 7.99. The van der Waals surface area contributed by atoms with E-state index in [0.717, 1.165) is 33.7 Å². The first-order chi connectivity index (χ1) is 16.5. The molecule has 172 valence electrons. The smallest absolute Gasteiger partial charge is 0.250 e. The van der Waals surface area contributed by atoms with Crippen molar-refractivity contribution in [3.8, 4) is 22.8 Å². The number of hydrogen-bond donors (Lipinski definition) is 1. The summed E-state index contributed by atoms with van der Waals surface area (Å²) >= 11 is 1.30. The summed E-state index contributed by atoms with van der Waals surface area (Å²) in [7, 11) is 1.63. The third-order valence-electron chi connectivity index (χ3n) is 5.05. The Labute approximate surface area is 202 Å². The van der Waals surface area contributed by atoms with Gasteiger partial charge >= 0.3 is 0 Å². The van der Waals surface area contributed by atoms with Gasteiger partial charge < -0.3 is 4.74 Å². The molecule has 4 rings (SSSR count). The summed E-state index contributed by atoms with van der Waals surface area (Å²) in [5.41, 5.74) is 7.61. The number of hydrogen-bond acceptors (Lipinski definition) is 6. The van der Waals surface area contributed by atoms with Crippen molar-refractivity contribution in [3.05, 3.63) is 89.5 Å². The van der Waals surface area contributed by atoms with Crippen molar-refractivity contribution in [2.75, 3.05) is 12.9 Å². The zero-order chi connectivity index (χ0) is 23.9. The molecule has 0 aliphatic heterocycles. The fourth-order valence-corrected chi connectivity index (χ4v) is 4.05. The molecule has 0 saturated carbocycles. The van der Waals surface area contributed by atoms with E-state index < -0.39 is 0 Å². The molecular formula is C26H25N5O2S. The molecule has 0 bridgehead atoms. The van der Waals surface area contributed by atoms with Crippen LogP contribution in [0.15, 0.2) is 83.1 Å². The quantitative estimate of drug-likeness (QED) is 0.227. The number of aryl methyl sites for hydroxylation is 2. The minimum absolute atomic E-state index is 0.151. The molecule has 8 heteroatoms. The Kier molecular flexibility index (Phi) is 7.39. The summed E-state index contributed by atoms with van der Waals surface area (Å²) in [5.74, 6) is 1.38. The lowest BCUT2D eigenvalue weighted by atomic mass is 10.2. The van der Waals surface area contributed by atoms with Crippen LogP contribution in [0.25, 0.3) is 17.1 Å². The minimum atomic E-state index is -0.224. The SMILES string of the molecule is COc1ccc(-c2nnc(SCC(=O)NN=Cc3cccc(C)c3)n2-c2ccc(C)cc2)cc1. The molecule has 0 aliphatic rings. The number of benzene rings is 3. The standard InChI is InChI=1S/C26H25N5O2S/c1-18-7-11-22(12-8-18)31-25(21-9-13-23(33-3)14-10-21)29-30-26(31)34-17-24(32)28-27-16-20-6-4-5-19(2)15-20/h4-16H,17H2,1-3H3,(H,28,32). The van der Waals surface area contributed by atoms with Gasteiger partial charge in [-0.2, -0.15) is 5.10 Å². The van der Waals surface area contributed by atoms with Crippen molar-refractivity contribution in [1.82, 2.24) is 20.2 Å². The Morgan fingerprint density at radius 1 is 1.03 bits per heavy atom. The molecule has 4 aromatic rings. The van der Waals surface area contributed by atoms with Gasteiger partial charge in [0.05, 0.1) is 19.1 Å². The first kappa shape index (κ1) is 23.3. The fraction of sp³-hybridized carbons (Fsp3) is 0.154. The number of nitrogens with zero attached hydrogens (tertiary/aromatic N) is 4. The monoisotopic (exact) mass is 471 g/mol. The number of carbonyl (C=O) groups excluding carboxylic acids is 1. The molecule has 34 heavy (non-hydrogen) atoms. The second-order valence-corrected chi connectivity index (χ2v) is 8.64. The van der Waals surface area contributed by atoms with Crippen LogP contribution in [0.5, 0.6) is 5.75 Å². The highest BCUT2D eigenvalue weighted by Gasteiger charge is 2.17. The van der Waals surface area contributed by atoms with Crippen LogP contribution in [0.1, 0.15) is 16.7 Å². The summed E-state index contributed by atoms with van der Waals surface area (Å²) in [6, 6.07) is 23.6. The molecule has 7 nitrogen and oxygen atoms in total. The molecule has 0 radical (unpaired) electrons. The molecule has 3 aromatic carbocycles. The third kappa shape index (κ3) is 5.71. The van der Waals surface area contributed by atoms with Crippen LogP contribution >= 0.6 is 11.8 Å². The van der Waals surface area contributed by atoms with Crippen LogP contribution in [-0.4, -0.2) is 39.7 Å². The van der Waals surface area contributed by atoms with E-state index >= 15 is 0 Å². The number of rotatable bonds is 8. The van der Waals surface area contributed by atoms with Gasteiger partial charge in [-0.3, -0.25) is 9.36 Å². The topological polar surface area (TPSA) is 81.4 Å². The summed E-state index contributed by atoms with van der Waals surface area (Å²) in [6.45, 7) is 4.05. The number of hydrazone groups is 1. The lowest BCUT2D eigenvalue weighted by Gasteiger charge is -2.11. The lowest BCUT2D eigenvalue weighted by molar-refractivity contribution is -0.118. The second-order valence-electron chi connectivity index (χ2n) is 7.70. The number of ether oxygens (including phenoxy) is 1. The fourth-order valence-electron chi connectivity index (χ4n) is 3.31. The Hall–Kier alpha value is -3.91. The molecule has 1 N–H and O–H groups in total. The van der Waals surface area contributed by atoms with Gasteiger partial charge in [-0.05, 0) is 55.8 Å². The zero-order valence-corrected chi connectivity index (χ0v) is 20.0. The van der Waals surface area contributed by atoms with E-state index in [-0.39, 0.29) is 11.7 Å². The molecule has 0 atom stereocenters. The number of carbonyl (C=O) groups is 1. The van der Waals surface area contributed by atoms with Gasteiger partial charge in [-0.15, -0.1) is 10.2 Å². The van der Waals surface area contributed by atoms with E-state index in [0.29, 0.717) is 11.0 Å². The van der Waals surface area contributed by atoms with Gasteiger partial charge in [-0.25, -0.2) is 5.43 Å². The molecule has 0 spiro atoms. The van der Waals surface area contributed by atoms with E-state index in [4.69, 9.17) is 4.74 Å². The molecule has 0 fully saturated rings. The number of aromatic nitrogens is 3. The first-order valence-electron chi connectivity index (χ1n) is 10.7. The number of nitrogens with one attached hydrogen (secondary N) is 1.